The molecule has 3 nitrogen and oxygen atoms in total. The number of aryl methyl sites for hydroxylation is 1. The summed E-state index contributed by atoms with van der Waals surface area (Å²) in [7, 11) is 0. The second-order valence-electron chi connectivity index (χ2n) is 5.19. The fourth-order valence-electron chi connectivity index (χ4n) is 2.84. The van der Waals surface area contributed by atoms with Gasteiger partial charge in [-0.25, -0.2) is 0 Å². The summed E-state index contributed by atoms with van der Waals surface area (Å²) in [5.41, 5.74) is 2.30. The van der Waals surface area contributed by atoms with E-state index in [1.54, 1.807) is 0 Å². The third-order valence-corrected chi connectivity index (χ3v) is 3.89. The molecule has 1 aliphatic heterocycles. The SMILES string of the molecule is O[C@H]1CCc2cc(OCCC3CCCO3)ccc21. The van der Waals surface area contributed by atoms with Crippen molar-refractivity contribution in [1.82, 2.24) is 0 Å². The average Bonchev–Trinajstić information content (AvgIpc) is 3.00. The van der Waals surface area contributed by atoms with Gasteiger partial charge in [0.25, 0.3) is 0 Å². The number of aliphatic hydroxyl groups excluding tert-OH is 1. The molecular formula is C15H20O3. The fourth-order valence-corrected chi connectivity index (χ4v) is 2.84. The molecule has 0 spiro atoms. The van der Waals surface area contributed by atoms with Crippen LogP contribution in [0.3, 0.4) is 0 Å². The lowest BCUT2D eigenvalue weighted by atomic mass is 10.1. The molecule has 0 saturated carbocycles. The summed E-state index contributed by atoms with van der Waals surface area (Å²) in [5, 5.41) is 9.73. The molecule has 1 aliphatic carbocycles. The van der Waals surface area contributed by atoms with Crippen LogP contribution in [0.2, 0.25) is 0 Å². The van der Waals surface area contributed by atoms with Gasteiger partial charge in [0.15, 0.2) is 0 Å². The molecule has 18 heavy (non-hydrogen) atoms. The Morgan fingerprint density at radius 2 is 2.28 bits per heavy atom. The topological polar surface area (TPSA) is 38.7 Å². The van der Waals surface area contributed by atoms with Gasteiger partial charge in [0.05, 0.1) is 18.8 Å². The van der Waals surface area contributed by atoms with Gasteiger partial charge in [-0.3, -0.25) is 0 Å². The summed E-state index contributed by atoms with van der Waals surface area (Å²) in [5.74, 6) is 0.917. The first kappa shape index (κ1) is 12.0. The Balaban J connectivity index is 1.53. The maximum Gasteiger partial charge on any atom is 0.119 e. The Morgan fingerprint density at radius 1 is 1.33 bits per heavy atom. The standard InChI is InChI=1S/C15H20O3/c16-15-6-3-11-10-13(4-5-14(11)15)18-9-7-12-2-1-8-17-12/h4-5,10,12,15-16H,1-3,6-9H2/t12?,15-/m0/s1. The van der Waals surface area contributed by atoms with Gasteiger partial charge in [-0.15, -0.1) is 0 Å². The molecule has 1 saturated heterocycles. The van der Waals surface area contributed by atoms with Crippen molar-refractivity contribution < 1.29 is 14.6 Å². The maximum atomic E-state index is 9.73. The molecule has 1 aromatic carbocycles. The molecule has 3 heteroatoms. The first-order valence-corrected chi connectivity index (χ1v) is 6.88. The summed E-state index contributed by atoms with van der Waals surface area (Å²) >= 11 is 0. The highest BCUT2D eigenvalue weighted by molar-refractivity contribution is 5.39. The quantitative estimate of drug-likeness (QED) is 0.890. The zero-order chi connectivity index (χ0) is 12.4. The van der Waals surface area contributed by atoms with Crippen LogP contribution in [0.4, 0.5) is 0 Å². The van der Waals surface area contributed by atoms with Gasteiger partial charge < -0.3 is 14.6 Å². The van der Waals surface area contributed by atoms with Crippen molar-refractivity contribution in [2.24, 2.45) is 0 Å². The second-order valence-corrected chi connectivity index (χ2v) is 5.19. The normalized spacial score (nSPS) is 26.3. The fraction of sp³-hybridized carbons (Fsp3) is 0.600. The number of rotatable bonds is 4. The van der Waals surface area contributed by atoms with E-state index in [-0.39, 0.29) is 6.10 Å². The highest BCUT2D eigenvalue weighted by Crippen LogP contribution is 2.33. The van der Waals surface area contributed by atoms with Gasteiger partial charge in [0, 0.05) is 13.0 Å². The summed E-state index contributed by atoms with van der Waals surface area (Å²) in [6, 6.07) is 6.03. The lowest BCUT2D eigenvalue weighted by molar-refractivity contribution is 0.0903. The lowest BCUT2D eigenvalue weighted by Crippen LogP contribution is -2.10. The summed E-state index contributed by atoms with van der Waals surface area (Å²) in [4.78, 5) is 0. The van der Waals surface area contributed by atoms with Crippen molar-refractivity contribution in [3.8, 4) is 5.75 Å². The molecule has 0 bridgehead atoms. The van der Waals surface area contributed by atoms with Crippen molar-refractivity contribution in [3.05, 3.63) is 29.3 Å². The van der Waals surface area contributed by atoms with E-state index in [9.17, 15) is 5.11 Å². The van der Waals surface area contributed by atoms with E-state index < -0.39 is 0 Å². The third-order valence-electron chi connectivity index (χ3n) is 3.89. The highest BCUT2D eigenvalue weighted by Gasteiger charge is 2.20. The monoisotopic (exact) mass is 248 g/mol. The van der Waals surface area contributed by atoms with Crippen LogP contribution in [0.25, 0.3) is 0 Å². The van der Waals surface area contributed by atoms with Crippen LogP contribution in [0, 0.1) is 0 Å². The predicted molar refractivity (Wildman–Crippen MR) is 68.8 cm³/mol. The molecule has 1 unspecified atom stereocenters. The number of benzene rings is 1. The van der Waals surface area contributed by atoms with Crippen LogP contribution >= 0.6 is 0 Å². The molecule has 1 heterocycles. The van der Waals surface area contributed by atoms with E-state index in [0.717, 1.165) is 37.2 Å². The first-order valence-electron chi connectivity index (χ1n) is 6.88. The Bertz CT molecular complexity index is 410. The number of ether oxygens (including phenoxy) is 2. The van der Waals surface area contributed by atoms with Crippen LogP contribution < -0.4 is 4.74 Å². The van der Waals surface area contributed by atoms with Crippen molar-refractivity contribution in [2.45, 2.75) is 44.3 Å². The van der Waals surface area contributed by atoms with E-state index in [1.807, 2.05) is 12.1 Å². The molecule has 0 aromatic heterocycles. The molecule has 2 aliphatic rings. The first-order chi connectivity index (χ1) is 8.83. The molecule has 1 N–H and O–H groups in total. The van der Waals surface area contributed by atoms with E-state index in [0.29, 0.717) is 12.7 Å². The van der Waals surface area contributed by atoms with Gasteiger partial charge in [0.2, 0.25) is 0 Å². The van der Waals surface area contributed by atoms with Gasteiger partial charge in [-0.05, 0) is 48.9 Å². The minimum absolute atomic E-state index is 0.277. The van der Waals surface area contributed by atoms with Crippen molar-refractivity contribution in [3.63, 3.8) is 0 Å². The number of hydrogen-bond acceptors (Lipinski definition) is 3. The van der Waals surface area contributed by atoms with Crippen molar-refractivity contribution >= 4 is 0 Å². The van der Waals surface area contributed by atoms with E-state index in [2.05, 4.69) is 6.07 Å². The number of aliphatic hydroxyl groups is 1. The van der Waals surface area contributed by atoms with Crippen LogP contribution in [-0.2, 0) is 11.2 Å². The molecule has 2 atom stereocenters. The van der Waals surface area contributed by atoms with Crippen molar-refractivity contribution in [1.29, 1.82) is 0 Å². The Labute approximate surface area is 108 Å². The second kappa shape index (κ2) is 5.29. The lowest BCUT2D eigenvalue weighted by Gasteiger charge is -2.12. The minimum Gasteiger partial charge on any atom is -0.493 e. The summed E-state index contributed by atoms with van der Waals surface area (Å²) < 4.78 is 11.3. The largest absolute Gasteiger partial charge is 0.493 e. The smallest absolute Gasteiger partial charge is 0.119 e. The summed E-state index contributed by atoms with van der Waals surface area (Å²) in [6.07, 6.45) is 5.23. The van der Waals surface area contributed by atoms with Gasteiger partial charge in [0.1, 0.15) is 5.75 Å². The Morgan fingerprint density at radius 3 is 3.11 bits per heavy atom. The van der Waals surface area contributed by atoms with Gasteiger partial charge in [-0.2, -0.15) is 0 Å². The van der Waals surface area contributed by atoms with Crippen LogP contribution in [-0.4, -0.2) is 24.4 Å². The van der Waals surface area contributed by atoms with Crippen molar-refractivity contribution in [2.75, 3.05) is 13.2 Å². The van der Waals surface area contributed by atoms with Crippen LogP contribution in [0.5, 0.6) is 5.75 Å². The molecule has 0 radical (unpaired) electrons. The molecule has 1 fully saturated rings. The van der Waals surface area contributed by atoms with Crippen LogP contribution in [0.1, 0.15) is 42.9 Å². The summed E-state index contributed by atoms with van der Waals surface area (Å²) in [6.45, 7) is 1.62. The Kier molecular flexibility index (Phi) is 3.52. The van der Waals surface area contributed by atoms with E-state index in [4.69, 9.17) is 9.47 Å². The molecule has 3 rings (SSSR count). The minimum atomic E-state index is -0.277. The number of fused-ring (bicyclic) bond motifs is 1. The molecule has 98 valence electrons. The zero-order valence-electron chi connectivity index (χ0n) is 10.6. The Hall–Kier alpha value is -1.06. The molecular weight excluding hydrogens is 228 g/mol. The highest BCUT2D eigenvalue weighted by atomic mass is 16.5. The number of hydrogen-bond donors (Lipinski definition) is 1. The molecule has 1 aromatic rings. The molecule has 0 amide bonds. The van der Waals surface area contributed by atoms with Gasteiger partial charge >= 0.3 is 0 Å². The maximum absolute atomic E-state index is 9.73. The average molecular weight is 248 g/mol. The van der Waals surface area contributed by atoms with Gasteiger partial charge in [-0.1, -0.05) is 6.07 Å². The third kappa shape index (κ3) is 2.52. The zero-order valence-corrected chi connectivity index (χ0v) is 10.6. The van der Waals surface area contributed by atoms with Crippen LogP contribution in [0.15, 0.2) is 18.2 Å². The van der Waals surface area contributed by atoms with E-state index in [1.165, 1.54) is 18.4 Å². The predicted octanol–water partition coefficient (Wildman–Crippen LogP) is 2.61. The van der Waals surface area contributed by atoms with E-state index >= 15 is 0 Å².